The fraction of sp³-hybridized carbons (Fsp3) is 0.579. The smallest absolute Gasteiger partial charge is 0.131 e. The zero-order chi connectivity index (χ0) is 89.2. The molecule has 0 atom stereocenters. The van der Waals surface area contributed by atoms with Gasteiger partial charge in [0.25, 0.3) is 0 Å². The van der Waals surface area contributed by atoms with Gasteiger partial charge >= 0.3 is 0 Å². The summed E-state index contributed by atoms with van der Waals surface area (Å²) in [5.41, 5.74) is 6.07. The highest BCUT2D eigenvalue weighted by molar-refractivity contribution is 5.69. The van der Waals surface area contributed by atoms with E-state index < -0.39 is 69.8 Å². The Kier molecular flexibility index (Phi) is 35.3. The van der Waals surface area contributed by atoms with Crippen molar-refractivity contribution in [2.75, 3.05) is 0 Å². The number of rotatable bonds is 22. The van der Waals surface area contributed by atoms with E-state index in [1.807, 2.05) is 24.3 Å². The minimum atomic E-state index is -0.639. The summed E-state index contributed by atoms with van der Waals surface area (Å²) in [7, 11) is 0. The van der Waals surface area contributed by atoms with Gasteiger partial charge in [-0.2, -0.15) is 0 Å². The van der Waals surface area contributed by atoms with E-state index in [-0.39, 0.29) is 66.8 Å². The molecule has 0 aliphatic heterocycles. The van der Waals surface area contributed by atoms with Crippen LogP contribution in [-0.2, 0) is 0 Å². The highest BCUT2D eigenvalue weighted by Gasteiger charge is 2.37. The quantitative estimate of drug-likeness (QED) is 0.0469. The molecular formula is C114H144F12. The molecule has 684 valence electrons. The molecule has 0 saturated heterocycles. The average molecular weight is 1740 g/mol. The van der Waals surface area contributed by atoms with Crippen molar-refractivity contribution < 1.29 is 52.7 Å². The maximum atomic E-state index is 14.9. The Labute approximate surface area is 748 Å². The van der Waals surface area contributed by atoms with Crippen molar-refractivity contribution >= 4 is 0 Å². The van der Waals surface area contributed by atoms with E-state index in [2.05, 4.69) is 27.7 Å². The molecule has 8 fully saturated rings. The molecule has 8 aromatic carbocycles. The average Bonchev–Trinajstić information content (AvgIpc) is 0.807. The summed E-state index contributed by atoms with van der Waals surface area (Å²) in [6, 6.07) is 30.7. The summed E-state index contributed by atoms with van der Waals surface area (Å²) in [6.45, 7) is 14.7. The van der Waals surface area contributed by atoms with Crippen LogP contribution in [0.1, 0.15) is 366 Å². The van der Waals surface area contributed by atoms with Crippen molar-refractivity contribution in [2.24, 2.45) is 71.0 Å². The Balaban J connectivity index is 0.000000144. The van der Waals surface area contributed by atoms with Crippen LogP contribution < -0.4 is 0 Å². The zero-order valence-corrected chi connectivity index (χ0v) is 77.0. The lowest BCUT2D eigenvalue weighted by atomic mass is 9.68. The first-order chi connectivity index (χ1) is 60.8. The largest absolute Gasteiger partial charge is 0.207 e. The predicted molar refractivity (Wildman–Crippen MR) is 495 cm³/mol. The number of halogens is 12. The highest BCUT2D eigenvalue weighted by Crippen LogP contribution is 2.51. The van der Waals surface area contributed by atoms with E-state index >= 15 is 0 Å². The van der Waals surface area contributed by atoms with Gasteiger partial charge < -0.3 is 0 Å². The van der Waals surface area contributed by atoms with Crippen molar-refractivity contribution in [3.63, 3.8) is 0 Å². The summed E-state index contributed by atoms with van der Waals surface area (Å²) in [6.07, 6.45) is 55.0. The van der Waals surface area contributed by atoms with Crippen LogP contribution in [0.4, 0.5) is 52.7 Å². The zero-order valence-electron chi connectivity index (χ0n) is 77.0. The normalized spacial score (nSPS) is 26.5. The van der Waals surface area contributed by atoms with E-state index in [9.17, 15) is 52.7 Å². The molecule has 0 spiro atoms. The molecule has 0 amide bonds. The van der Waals surface area contributed by atoms with Crippen LogP contribution >= 0.6 is 0 Å². The molecule has 8 aliphatic rings. The maximum Gasteiger partial charge on any atom is 0.131 e. The lowest BCUT2D eigenvalue weighted by molar-refractivity contribution is 0.155. The van der Waals surface area contributed by atoms with Gasteiger partial charge in [0, 0.05) is 44.5 Å². The minimum absolute atomic E-state index is 0.0301. The minimum Gasteiger partial charge on any atom is -0.207 e. The van der Waals surface area contributed by atoms with Gasteiger partial charge in [0.15, 0.2) is 0 Å². The molecule has 0 heterocycles. The number of hydrogen-bond donors (Lipinski definition) is 0. The van der Waals surface area contributed by atoms with Gasteiger partial charge in [-0.05, 0) is 394 Å². The van der Waals surface area contributed by atoms with Gasteiger partial charge in [0.1, 0.15) is 69.8 Å². The molecule has 126 heavy (non-hydrogen) atoms. The summed E-state index contributed by atoms with van der Waals surface area (Å²) < 4.78 is 171. The topological polar surface area (TPSA) is 0 Å². The van der Waals surface area contributed by atoms with Crippen molar-refractivity contribution in [2.45, 2.75) is 349 Å². The molecule has 0 N–H and O–H groups in total. The van der Waals surface area contributed by atoms with Gasteiger partial charge in [-0.25, -0.2) is 52.7 Å². The monoisotopic (exact) mass is 1740 g/mol. The number of unbranched alkanes of at least 4 members (excludes halogenated alkanes) is 3. The molecule has 8 aromatic rings. The predicted octanol–water partition coefficient (Wildman–Crippen LogP) is 36.6. The van der Waals surface area contributed by atoms with Crippen molar-refractivity contribution in [1.82, 2.24) is 0 Å². The molecule has 16 rings (SSSR count). The van der Waals surface area contributed by atoms with Gasteiger partial charge in [0.2, 0.25) is 0 Å². The third-order valence-electron chi connectivity index (χ3n) is 33.0. The first-order valence-corrected chi connectivity index (χ1v) is 49.9. The summed E-state index contributed by atoms with van der Waals surface area (Å²) >= 11 is 0. The van der Waals surface area contributed by atoms with Crippen molar-refractivity contribution in [3.8, 4) is 44.5 Å². The van der Waals surface area contributed by atoms with Crippen LogP contribution in [0.15, 0.2) is 121 Å². The Hall–Kier alpha value is -7.08. The maximum absolute atomic E-state index is 14.9. The first kappa shape index (κ1) is 96.5. The molecule has 0 aromatic heterocycles. The van der Waals surface area contributed by atoms with Crippen LogP contribution in [0.3, 0.4) is 0 Å². The Morgan fingerprint density at radius 2 is 0.397 bits per heavy atom. The lowest BCUT2D eigenvalue weighted by Crippen LogP contribution is -2.25. The lowest BCUT2D eigenvalue weighted by Gasteiger charge is -2.38. The molecule has 8 aliphatic carbocycles. The second kappa shape index (κ2) is 46.1. The highest BCUT2D eigenvalue weighted by atomic mass is 19.2. The van der Waals surface area contributed by atoms with E-state index in [4.69, 9.17) is 0 Å². The summed E-state index contributed by atoms with van der Waals surface area (Å²) in [4.78, 5) is 0. The molecule has 0 bridgehead atoms. The molecular weight excluding hydrogens is 1600 g/mol. The fourth-order valence-electron chi connectivity index (χ4n) is 24.5. The second-order valence-electron chi connectivity index (χ2n) is 40.6. The van der Waals surface area contributed by atoms with Gasteiger partial charge in [-0.1, -0.05) is 192 Å². The van der Waals surface area contributed by atoms with Crippen LogP contribution in [0.5, 0.6) is 0 Å². The first-order valence-electron chi connectivity index (χ1n) is 49.9. The molecule has 0 nitrogen and oxygen atoms in total. The van der Waals surface area contributed by atoms with Crippen LogP contribution in [-0.4, -0.2) is 0 Å². The number of hydrogen-bond acceptors (Lipinski definition) is 0. The Morgan fingerprint density at radius 1 is 0.198 bits per heavy atom. The van der Waals surface area contributed by atoms with Gasteiger partial charge in [-0.15, -0.1) is 0 Å². The van der Waals surface area contributed by atoms with E-state index in [1.165, 1.54) is 295 Å². The van der Waals surface area contributed by atoms with Gasteiger partial charge in [0.05, 0.1) is 0 Å². The molecule has 12 heteroatoms. The molecule has 0 unspecified atom stereocenters. The van der Waals surface area contributed by atoms with E-state index in [1.54, 1.807) is 48.5 Å². The van der Waals surface area contributed by atoms with E-state index in [0.717, 1.165) is 145 Å². The van der Waals surface area contributed by atoms with E-state index in [0.29, 0.717) is 23.7 Å². The summed E-state index contributed by atoms with van der Waals surface area (Å²) in [5, 5.41) is 0. The standard InChI is InChI=1S/C30H39F3.C29H37F3.C28H35F3.C27H33F3/c1-3-4-5-6-21-7-9-22(10-8-21)23-11-13-24(14-12-23)25-15-16-27(30(33)17-25)26-18-28(31)20(2)29(32)19-26;1-3-4-5-20-6-8-21(9-7-20)22-10-12-23(13-11-22)24-14-15-26(29(32)16-24)25-17-27(30)19(2)28(31)18-25;1-3-4-19-5-7-20(8-6-19)21-9-11-22(12-10-21)23-13-14-25(28(31)15-23)24-16-26(29)18(2)27(30)17-24;1-3-18-4-6-19(7-5-18)20-8-10-21(11-9-20)22-12-13-24(27(30)14-22)23-15-25(28)17(2)26(29)16-23/h15-19,21-24H,3-14H2,1-2H3;14-18,20-23H,3-13H2,1-2H3;13-17,19-22H,3-12H2,1-2H3;12-16,18-21H,3-11H2,1-2H3. The van der Waals surface area contributed by atoms with Crippen LogP contribution in [0.2, 0.25) is 0 Å². The number of benzene rings is 8. The summed E-state index contributed by atoms with van der Waals surface area (Å²) in [5.74, 6) is 5.59. The fourth-order valence-corrected chi connectivity index (χ4v) is 24.5. The molecule has 8 saturated carbocycles. The third kappa shape index (κ3) is 25.0. The van der Waals surface area contributed by atoms with Crippen LogP contribution in [0.25, 0.3) is 44.5 Å². The van der Waals surface area contributed by atoms with Crippen molar-refractivity contribution in [1.29, 1.82) is 0 Å². The van der Waals surface area contributed by atoms with Crippen molar-refractivity contribution in [3.05, 3.63) is 236 Å². The molecule has 0 radical (unpaired) electrons. The second-order valence-corrected chi connectivity index (χ2v) is 40.6. The Bertz CT molecular complexity index is 4690. The van der Waals surface area contributed by atoms with Crippen LogP contribution in [0, 0.1) is 169 Å². The third-order valence-corrected chi connectivity index (χ3v) is 33.0. The van der Waals surface area contributed by atoms with Gasteiger partial charge in [-0.3, -0.25) is 0 Å². The Morgan fingerprint density at radius 3 is 0.595 bits per heavy atom. The SMILES string of the molecule is CCC1CCC(C2CCC(c3ccc(-c4cc(F)c(C)c(F)c4)c(F)c3)CC2)CC1.CCCC1CCC(C2CCC(c3ccc(-c4cc(F)c(C)c(F)c4)c(F)c3)CC2)CC1.CCCCC1CCC(C2CCC(c3ccc(-c4cc(F)c(C)c(F)c4)c(F)c3)CC2)CC1.CCCCCC1CCC(C2CCC(c3ccc(-c4cc(F)c(C)c(F)c4)c(F)c3)CC2)CC1.